The monoisotopic (exact) mass is 284 g/mol. The van der Waals surface area contributed by atoms with E-state index in [1.54, 1.807) is 32.9 Å². The van der Waals surface area contributed by atoms with E-state index in [9.17, 15) is 9.59 Å². The lowest BCUT2D eigenvalue weighted by atomic mass is 10.1. The molecule has 6 heteroatoms. The molecule has 1 aromatic rings. The normalized spacial score (nSPS) is 10.9. The molecule has 0 saturated carbocycles. The van der Waals surface area contributed by atoms with E-state index < -0.39 is 17.6 Å². The summed E-state index contributed by atoms with van der Waals surface area (Å²) in [4.78, 5) is 22.8. The van der Waals surface area contributed by atoms with Gasteiger partial charge in [-0.05, 0) is 38.5 Å². The minimum atomic E-state index is -0.594. The fraction of sp³-hybridized carbons (Fsp3) is 0.385. The Morgan fingerprint density at radius 2 is 2.00 bits per heavy atom. The summed E-state index contributed by atoms with van der Waals surface area (Å²) in [5.41, 5.74) is 5.54. The van der Waals surface area contributed by atoms with Gasteiger partial charge in [-0.15, -0.1) is 0 Å². The number of carbonyl (C=O) groups excluding carboxylic acids is 2. The quantitative estimate of drug-likeness (QED) is 0.894. The van der Waals surface area contributed by atoms with Crippen LogP contribution in [0.4, 0.5) is 4.79 Å². The topological polar surface area (TPSA) is 81.4 Å². The SMILES string of the molecule is CC(C)(C)OC(=O)NCc1ccc(Cl)cc1C(N)=O. The molecule has 0 radical (unpaired) electrons. The number of nitrogens with one attached hydrogen (secondary N) is 1. The Kier molecular flexibility index (Phi) is 4.78. The molecule has 0 aliphatic heterocycles. The second kappa shape index (κ2) is 5.93. The minimum absolute atomic E-state index is 0.143. The summed E-state index contributed by atoms with van der Waals surface area (Å²) in [7, 11) is 0. The number of nitrogens with two attached hydrogens (primary N) is 1. The van der Waals surface area contributed by atoms with E-state index in [0.717, 1.165) is 0 Å². The molecule has 0 aromatic heterocycles. The molecule has 2 amide bonds. The van der Waals surface area contributed by atoms with E-state index in [2.05, 4.69) is 5.32 Å². The third-order valence-electron chi connectivity index (χ3n) is 2.16. The number of hydrogen-bond acceptors (Lipinski definition) is 3. The predicted molar refractivity (Wildman–Crippen MR) is 73.0 cm³/mol. The van der Waals surface area contributed by atoms with Crippen molar-refractivity contribution in [2.45, 2.75) is 32.9 Å². The number of hydrogen-bond donors (Lipinski definition) is 2. The fourth-order valence-corrected chi connectivity index (χ4v) is 1.59. The number of rotatable bonds is 3. The van der Waals surface area contributed by atoms with Gasteiger partial charge in [0.1, 0.15) is 5.60 Å². The lowest BCUT2D eigenvalue weighted by molar-refractivity contribution is 0.0523. The molecule has 0 bridgehead atoms. The van der Waals surface area contributed by atoms with Crippen LogP contribution in [0.3, 0.4) is 0 Å². The number of amides is 2. The first-order valence-corrected chi connectivity index (χ1v) is 6.12. The van der Waals surface area contributed by atoms with Crippen LogP contribution in [0, 0.1) is 0 Å². The van der Waals surface area contributed by atoms with Crippen LogP contribution in [-0.4, -0.2) is 17.6 Å². The zero-order chi connectivity index (χ0) is 14.6. The first-order valence-electron chi connectivity index (χ1n) is 5.74. The van der Waals surface area contributed by atoms with Crippen molar-refractivity contribution < 1.29 is 14.3 Å². The predicted octanol–water partition coefficient (Wildman–Crippen LogP) is 2.46. The molecular formula is C13H17ClN2O3. The molecule has 3 N–H and O–H groups in total. The molecule has 1 aromatic carbocycles. The van der Waals surface area contributed by atoms with Gasteiger partial charge in [0, 0.05) is 17.1 Å². The van der Waals surface area contributed by atoms with Gasteiger partial charge in [-0.2, -0.15) is 0 Å². The Morgan fingerprint density at radius 1 is 1.37 bits per heavy atom. The highest BCUT2D eigenvalue weighted by Crippen LogP contribution is 2.16. The smallest absolute Gasteiger partial charge is 0.407 e. The minimum Gasteiger partial charge on any atom is -0.444 e. The Morgan fingerprint density at radius 3 is 2.53 bits per heavy atom. The van der Waals surface area contributed by atoms with Gasteiger partial charge in [-0.25, -0.2) is 4.79 Å². The summed E-state index contributed by atoms with van der Waals surface area (Å²) >= 11 is 5.79. The molecule has 5 nitrogen and oxygen atoms in total. The van der Waals surface area contributed by atoms with E-state index in [1.807, 2.05) is 0 Å². The van der Waals surface area contributed by atoms with Gasteiger partial charge in [0.25, 0.3) is 0 Å². The average molecular weight is 285 g/mol. The van der Waals surface area contributed by atoms with Crippen LogP contribution in [0.5, 0.6) is 0 Å². The number of benzene rings is 1. The second-order valence-corrected chi connectivity index (χ2v) is 5.46. The van der Waals surface area contributed by atoms with E-state index in [0.29, 0.717) is 10.6 Å². The first-order chi connectivity index (χ1) is 8.69. The number of primary amides is 1. The van der Waals surface area contributed by atoms with Crippen LogP contribution in [0.2, 0.25) is 5.02 Å². The van der Waals surface area contributed by atoms with Crippen molar-refractivity contribution in [3.8, 4) is 0 Å². The van der Waals surface area contributed by atoms with Gasteiger partial charge in [0.15, 0.2) is 0 Å². The van der Waals surface area contributed by atoms with Crippen molar-refractivity contribution in [1.29, 1.82) is 0 Å². The van der Waals surface area contributed by atoms with Gasteiger partial charge in [-0.1, -0.05) is 17.7 Å². The Bertz CT molecular complexity index is 495. The van der Waals surface area contributed by atoms with Crippen molar-refractivity contribution in [1.82, 2.24) is 5.32 Å². The summed E-state index contributed by atoms with van der Waals surface area (Å²) < 4.78 is 5.09. The van der Waals surface area contributed by atoms with E-state index in [4.69, 9.17) is 22.1 Å². The molecule has 0 fully saturated rings. The van der Waals surface area contributed by atoms with Gasteiger partial charge in [0.05, 0.1) is 0 Å². The van der Waals surface area contributed by atoms with E-state index >= 15 is 0 Å². The van der Waals surface area contributed by atoms with Crippen molar-refractivity contribution in [3.63, 3.8) is 0 Å². The standard InChI is InChI=1S/C13H17ClN2O3/c1-13(2,3)19-12(18)16-7-8-4-5-9(14)6-10(8)11(15)17/h4-6H,7H2,1-3H3,(H2,15,17)(H,16,18). The maximum absolute atomic E-state index is 11.5. The van der Waals surface area contributed by atoms with Gasteiger partial charge in [-0.3, -0.25) is 4.79 Å². The molecule has 0 unspecified atom stereocenters. The summed E-state index contributed by atoms with van der Waals surface area (Å²) in [6.45, 7) is 5.45. The third kappa shape index (κ3) is 5.18. The Labute approximate surface area is 117 Å². The van der Waals surface area contributed by atoms with Gasteiger partial charge >= 0.3 is 6.09 Å². The third-order valence-corrected chi connectivity index (χ3v) is 2.39. The maximum atomic E-state index is 11.5. The van der Waals surface area contributed by atoms with Crippen LogP contribution in [-0.2, 0) is 11.3 Å². The summed E-state index contributed by atoms with van der Waals surface area (Å²) in [5, 5.41) is 2.97. The van der Waals surface area contributed by atoms with Crippen LogP contribution >= 0.6 is 11.6 Å². The second-order valence-electron chi connectivity index (χ2n) is 5.02. The highest BCUT2D eigenvalue weighted by atomic mass is 35.5. The lowest BCUT2D eigenvalue weighted by Crippen LogP contribution is -2.32. The van der Waals surface area contributed by atoms with Crippen LogP contribution < -0.4 is 11.1 Å². The first kappa shape index (κ1) is 15.3. The molecule has 19 heavy (non-hydrogen) atoms. The molecule has 0 heterocycles. The summed E-state index contributed by atoms with van der Waals surface area (Å²) in [5.74, 6) is -0.594. The summed E-state index contributed by atoms with van der Waals surface area (Å²) in [6, 6.07) is 4.73. The van der Waals surface area contributed by atoms with E-state index in [1.165, 1.54) is 6.07 Å². The zero-order valence-electron chi connectivity index (χ0n) is 11.1. The highest BCUT2D eigenvalue weighted by Gasteiger charge is 2.16. The number of carbonyl (C=O) groups is 2. The van der Waals surface area contributed by atoms with Crippen LogP contribution in [0.25, 0.3) is 0 Å². The largest absolute Gasteiger partial charge is 0.444 e. The molecular weight excluding hydrogens is 268 g/mol. The lowest BCUT2D eigenvalue weighted by Gasteiger charge is -2.20. The molecule has 0 spiro atoms. The van der Waals surface area contributed by atoms with Crippen molar-refractivity contribution >= 4 is 23.6 Å². The van der Waals surface area contributed by atoms with Crippen molar-refractivity contribution in [2.75, 3.05) is 0 Å². The van der Waals surface area contributed by atoms with Crippen LogP contribution in [0.15, 0.2) is 18.2 Å². The number of ether oxygens (including phenoxy) is 1. The van der Waals surface area contributed by atoms with Crippen molar-refractivity contribution in [2.24, 2.45) is 5.73 Å². The molecule has 104 valence electrons. The molecule has 0 aliphatic carbocycles. The molecule has 1 rings (SSSR count). The summed E-state index contributed by atoms with van der Waals surface area (Å²) in [6.07, 6.45) is -0.558. The molecule has 0 aliphatic rings. The number of alkyl carbamates (subject to hydrolysis) is 1. The zero-order valence-corrected chi connectivity index (χ0v) is 11.9. The molecule has 0 saturated heterocycles. The van der Waals surface area contributed by atoms with Gasteiger partial charge < -0.3 is 15.8 Å². The number of halogens is 1. The van der Waals surface area contributed by atoms with Gasteiger partial charge in [0.2, 0.25) is 5.91 Å². The maximum Gasteiger partial charge on any atom is 0.407 e. The van der Waals surface area contributed by atoms with Crippen molar-refractivity contribution in [3.05, 3.63) is 34.3 Å². The highest BCUT2D eigenvalue weighted by molar-refractivity contribution is 6.31. The van der Waals surface area contributed by atoms with Crippen LogP contribution in [0.1, 0.15) is 36.7 Å². The fourth-order valence-electron chi connectivity index (χ4n) is 1.41. The molecule has 0 atom stereocenters. The Balaban J connectivity index is 2.73. The average Bonchev–Trinajstić information content (AvgIpc) is 2.24. The Hall–Kier alpha value is -1.75. The van der Waals surface area contributed by atoms with E-state index in [-0.39, 0.29) is 12.1 Å².